The summed E-state index contributed by atoms with van der Waals surface area (Å²) in [6.07, 6.45) is 2.05. The number of anilines is 1. The number of nitrogens with zero attached hydrogens (tertiary/aromatic N) is 1. The standard InChI is InChI=1S/C21H19N3O3/c1-13-7-8-15(20(25)22-16-9-10-16)11-17(13)23-21(26)19-12-18(24-27-19)14-5-3-2-4-6-14/h2-8,11-12,16H,9-10H2,1H3,(H,22,25)(H,23,26). The molecule has 0 atom stereocenters. The first-order valence-electron chi connectivity index (χ1n) is 8.85. The first-order valence-corrected chi connectivity index (χ1v) is 8.85. The number of aryl methyl sites for hydroxylation is 1. The van der Waals surface area contributed by atoms with Crippen molar-refractivity contribution in [2.24, 2.45) is 0 Å². The molecule has 0 saturated heterocycles. The second kappa shape index (κ2) is 7.07. The van der Waals surface area contributed by atoms with Crippen LogP contribution >= 0.6 is 0 Å². The fourth-order valence-corrected chi connectivity index (χ4v) is 2.71. The largest absolute Gasteiger partial charge is 0.350 e. The zero-order chi connectivity index (χ0) is 18.8. The molecule has 6 nitrogen and oxygen atoms in total. The van der Waals surface area contributed by atoms with E-state index in [1.807, 2.05) is 43.3 Å². The third-order valence-electron chi connectivity index (χ3n) is 4.46. The van der Waals surface area contributed by atoms with Gasteiger partial charge in [-0.15, -0.1) is 0 Å². The average molecular weight is 361 g/mol. The van der Waals surface area contributed by atoms with Gasteiger partial charge in [-0.1, -0.05) is 41.6 Å². The summed E-state index contributed by atoms with van der Waals surface area (Å²) in [6.45, 7) is 1.87. The molecule has 136 valence electrons. The molecule has 0 unspecified atom stereocenters. The molecular weight excluding hydrogens is 342 g/mol. The number of carbonyl (C=O) groups excluding carboxylic acids is 2. The maximum Gasteiger partial charge on any atom is 0.294 e. The Bertz CT molecular complexity index is 991. The summed E-state index contributed by atoms with van der Waals surface area (Å²) in [7, 11) is 0. The van der Waals surface area contributed by atoms with E-state index in [4.69, 9.17) is 4.52 Å². The summed E-state index contributed by atoms with van der Waals surface area (Å²) in [5, 5.41) is 9.70. The molecule has 27 heavy (non-hydrogen) atoms. The van der Waals surface area contributed by atoms with Gasteiger partial charge < -0.3 is 15.2 Å². The quantitative estimate of drug-likeness (QED) is 0.724. The molecule has 0 aliphatic heterocycles. The molecule has 1 fully saturated rings. The number of amides is 2. The van der Waals surface area contributed by atoms with Gasteiger partial charge in [-0.3, -0.25) is 9.59 Å². The minimum atomic E-state index is -0.410. The van der Waals surface area contributed by atoms with E-state index in [0.717, 1.165) is 24.0 Å². The number of benzene rings is 2. The van der Waals surface area contributed by atoms with Crippen LogP contribution in [0.4, 0.5) is 5.69 Å². The normalized spacial score (nSPS) is 13.2. The molecule has 1 saturated carbocycles. The van der Waals surface area contributed by atoms with Gasteiger partial charge in [-0.2, -0.15) is 0 Å². The molecule has 2 aromatic carbocycles. The van der Waals surface area contributed by atoms with Crippen LogP contribution in [0.2, 0.25) is 0 Å². The Morgan fingerprint density at radius 2 is 1.81 bits per heavy atom. The van der Waals surface area contributed by atoms with Crippen molar-refractivity contribution in [1.29, 1.82) is 0 Å². The monoisotopic (exact) mass is 361 g/mol. The highest BCUT2D eigenvalue weighted by Crippen LogP contribution is 2.23. The number of rotatable bonds is 5. The van der Waals surface area contributed by atoms with Crippen LogP contribution in [0.1, 0.15) is 39.3 Å². The van der Waals surface area contributed by atoms with E-state index < -0.39 is 5.91 Å². The van der Waals surface area contributed by atoms with Crippen LogP contribution in [0.15, 0.2) is 59.1 Å². The molecule has 1 aliphatic rings. The van der Waals surface area contributed by atoms with E-state index in [0.29, 0.717) is 16.9 Å². The summed E-state index contributed by atoms with van der Waals surface area (Å²) in [5.41, 5.74) is 3.41. The van der Waals surface area contributed by atoms with Crippen molar-refractivity contribution in [3.05, 3.63) is 71.5 Å². The SMILES string of the molecule is Cc1ccc(C(=O)NC2CC2)cc1NC(=O)c1cc(-c2ccccc2)no1. The molecule has 3 aromatic rings. The minimum Gasteiger partial charge on any atom is -0.350 e. The van der Waals surface area contributed by atoms with Crippen LogP contribution in [0.3, 0.4) is 0 Å². The van der Waals surface area contributed by atoms with Gasteiger partial charge in [0.25, 0.3) is 11.8 Å². The molecule has 1 aliphatic carbocycles. The number of carbonyl (C=O) groups is 2. The van der Waals surface area contributed by atoms with Gasteiger partial charge in [0.15, 0.2) is 0 Å². The molecule has 0 bridgehead atoms. The summed E-state index contributed by atoms with van der Waals surface area (Å²) >= 11 is 0. The van der Waals surface area contributed by atoms with Crippen LogP contribution in [0.5, 0.6) is 0 Å². The highest BCUT2D eigenvalue weighted by molar-refractivity contribution is 6.04. The Morgan fingerprint density at radius 3 is 2.56 bits per heavy atom. The van der Waals surface area contributed by atoms with Gasteiger partial charge in [0.2, 0.25) is 5.76 Å². The lowest BCUT2D eigenvalue weighted by atomic mass is 10.1. The number of hydrogen-bond donors (Lipinski definition) is 2. The van der Waals surface area contributed by atoms with Gasteiger partial charge in [0, 0.05) is 28.9 Å². The van der Waals surface area contributed by atoms with E-state index in [1.165, 1.54) is 0 Å². The molecule has 4 rings (SSSR count). The van der Waals surface area contributed by atoms with Crippen molar-refractivity contribution < 1.29 is 14.1 Å². The summed E-state index contributed by atoms with van der Waals surface area (Å²) in [5.74, 6) is -0.423. The first-order chi connectivity index (χ1) is 13.1. The molecule has 1 aromatic heterocycles. The Balaban J connectivity index is 1.51. The fraction of sp³-hybridized carbons (Fsp3) is 0.190. The summed E-state index contributed by atoms with van der Waals surface area (Å²) < 4.78 is 5.19. The number of hydrogen-bond acceptors (Lipinski definition) is 4. The molecule has 0 spiro atoms. The fourth-order valence-electron chi connectivity index (χ4n) is 2.71. The molecular formula is C21H19N3O3. The maximum absolute atomic E-state index is 12.5. The lowest BCUT2D eigenvalue weighted by molar-refractivity contribution is 0.0948. The Kier molecular flexibility index (Phi) is 4.46. The van der Waals surface area contributed by atoms with Crippen molar-refractivity contribution in [3.8, 4) is 11.3 Å². The van der Waals surface area contributed by atoms with Crippen LogP contribution in [-0.2, 0) is 0 Å². The highest BCUT2D eigenvalue weighted by Gasteiger charge is 2.24. The topological polar surface area (TPSA) is 84.2 Å². The van der Waals surface area contributed by atoms with Crippen LogP contribution in [0.25, 0.3) is 11.3 Å². The summed E-state index contributed by atoms with van der Waals surface area (Å²) in [6, 6.07) is 16.6. The van der Waals surface area contributed by atoms with Crippen molar-refractivity contribution in [3.63, 3.8) is 0 Å². The van der Waals surface area contributed by atoms with E-state index in [2.05, 4.69) is 15.8 Å². The number of nitrogens with one attached hydrogen (secondary N) is 2. The van der Waals surface area contributed by atoms with Crippen molar-refractivity contribution in [2.75, 3.05) is 5.32 Å². The Morgan fingerprint density at radius 1 is 1.04 bits per heavy atom. The minimum absolute atomic E-state index is 0.112. The highest BCUT2D eigenvalue weighted by atomic mass is 16.5. The van der Waals surface area contributed by atoms with Crippen molar-refractivity contribution in [2.45, 2.75) is 25.8 Å². The van der Waals surface area contributed by atoms with Gasteiger partial charge in [0.05, 0.1) is 0 Å². The molecule has 1 heterocycles. The number of aromatic nitrogens is 1. The Hall–Kier alpha value is -3.41. The molecule has 6 heteroatoms. The Labute approximate surface area is 156 Å². The lowest BCUT2D eigenvalue weighted by Crippen LogP contribution is -2.25. The smallest absolute Gasteiger partial charge is 0.294 e. The zero-order valence-electron chi connectivity index (χ0n) is 14.9. The van der Waals surface area contributed by atoms with Crippen molar-refractivity contribution in [1.82, 2.24) is 10.5 Å². The summed E-state index contributed by atoms with van der Waals surface area (Å²) in [4.78, 5) is 24.8. The lowest BCUT2D eigenvalue weighted by Gasteiger charge is -2.10. The van der Waals surface area contributed by atoms with Gasteiger partial charge >= 0.3 is 0 Å². The van der Waals surface area contributed by atoms with Crippen molar-refractivity contribution >= 4 is 17.5 Å². The van der Waals surface area contributed by atoms with E-state index in [9.17, 15) is 9.59 Å². The van der Waals surface area contributed by atoms with Crippen LogP contribution in [-0.4, -0.2) is 23.0 Å². The van der Waals surface area contributed by atoms with Gasteiger partial charge in [0.1, 0.15) is 5.69 Å². The van der Waals surface area contributed by atoms with E-state index >= 15 is 0 Å². The molecule has 2 N–H and O–H groups in total. The average Bonchev–Trinajstić information content (AvgIpc) is 3.35. The van der Waals surface area contributed by atoms with Gasteiger partial charge in [-0.25, -0.2) is 0 Å². The molecule has 0 radical (unpaired) electrons. The first kappa shape index (κ1) is 17.0. The third kappa shape index (κ3) is 3.89. The van der Waals surface area contributed by atoms with Crippen LogP contribution in [0, 0.1) is 6.92 Å². The predicted octanol–water partition coefficient (Wildman–Crippen LogP) is 3.79. The zero-order valence-corrected chi connectivity index (χ0v) is 14.9. The molecule has 2 amide bonds. The second-order valence-electron chi connectivity index (χ2n) is 6.67. The van der Waals surface area contributed by atoms with E-state index in [1.54, 1.807) is 18.2 Å². The third-order valence-corrected chi connectivity index (χ3v) is 4.46. The van der Waals surface area contributed by atoms with Crippen LogP contribution < -0.4 is 10.6 Å². The van der Waals surface area contributed by atoms with E-state index in [-0.39, 0.29) is 17.7 Å². The second-order valence-corrected chi connectivity index (χ2v) is 6.67. The predicted molar refractivity (Wildman–Crippen MR) is 102 cm³/mol. The maximum atomic E-state index is 12.5. The van der Waals surface area contributed by atoms with Gasteiger partial charge in [-0.05, 0) is 37.5 Å².